The quantitative estimate of drug-likeness (QED) is 0.425. The Hall–Kier alpha value is -1.42. The van der Waals surface area contributed by atoms with Crippen LogP contribution in [0.4, 0.5) is 4.39 Å². The van der Waals surface area contributed by atoms with Crippen LogP contribution in [0.15, 0.2) is 24.3 Å². The fraction of sp³-hybridized carbons (Fsp3) is 0.417. The molecule has 0 unspecified atom stereocenters. The second-order valence-electron chi connectivity index (χ2n) is 3.20. The van der Waals surface area contributed by atoms with Crippen molar-refractivity contribution in [3.63, 3.8) is 0 Å². The summed E-state index contributed by atoms with van der Waals surface area (Å²) < 4.78 is 23.0. The summed E-state index contributed by atoms with van der Waals surface area (Å²) in [5, 5.41) is 0. The first kappa shape index (κ1) is 12.6. The Labute approximate surface area is 94.2 Å². The van der Waals surface area contributed by atoms with Crippen molar-refractivity contribution in [2.45, 2.75) is 19.8 Å². The van der Waals surface area contributed by atoms with Crippen molar-refractivity contribution in [1.29, 1.82) is 0 Å². The maximum Gasteiger partial charge on any atom is 0.311 e. The summed E-state index contributed by atoms with van der Waals surface area (Å²) >= 11 is 0. The second kappa shape index (κ2) is 6.95. The van der Waals surface area contributed by atoms with Gasteiger partial charge in [-0.2, -0.15) is 0 Å². The van der Waals surface area contributed by atoms with Crippen molar-refractivity contribution < 1.29 is 18.7 Å². The number of para-hydroxylation sites is 1. The molecule has 0 saturated heterocycles. The number of halogens is 1. The highest BCUT2D eigenvalue weighted by molar-refractivity contribution is 5.72. The maximum atomic E-state index is 13.1. The summed E-state index contributed by atoms with van der Waals surface area (Å²) in [5.74, 6) is -0.991. The molecule has 88 valence electrons. The van der Waals surface area contributed by atoms with E-state index < -0.39 is 11.8 Å². The third-order valence-electron chi connectivity index (χ3n) is 1.93. The number of benzene rings is 1. The largest absolute Gasteiger partial charge is 0.423 e. The zero-order valence-corrected chi connectivity index (χ0v) is 9.24. The van der Waals surface area contributed by atoms with Crippen LogP contribution < -0.4 is 4.74 Å². The predicted molar refractivity (Wildman–Crippen MR) is 57.8 cm³/mol. The number of rotatable bonds is 6. The number of esters is 1. The lowest BCUT2D eigenvalue weighted by molar-refractivity contribution is -0.134. The fourth-order valence-electron chi connectivity index (χ4n) is 1.16. The van der Waals surface area contributed by atoms with E-state index >= 15 is 0 Å². The number of carbonyl (C=O) groups is 1. The van der Waals surface area contributed by atoms with Gasteiger partial charge < -0.3 is 9.47 Å². The SMILES string of the molecule is CCOCCCC(=O)Oc1ccccc1F. The lowest BCUT2D eigenvalue weighted by Gasteiger charge is -2.04. The minimum absolute atomic E-state index is 0.0242. The molecule has 1 aromatic rings. The molecule has 1 rings (SSSR count). The first-order valence-electron chi connectivity index (χ1n) is 5.27. The van der Waals surface area contributed by atoms with E-state index in [0.717, 1.165) is 0 Å². The Balaban J connectivity index is 2.32. The van der Waals surface area contributed by atoms with Crippen LogP contribution in [0.1, 0.15) is 19.8 Å². The van der Waals surface area contributed by atoms with Crippen LogP contribution in [-0.2, 0) is 9.53 Å². The molecule has 1 aromatic carbocycles. The van der Waals surface area contributed by atoms with Crippen molar-refractivity contribution in [3.8, 4) is 5.75 Å². The van der Waals surface area contributed by atoms with Gasteiger partial charge in [-0.15, -0.1) is 0 Å². The average Bonchev–Trinajstić information content (AvgIpc) is 2.28. The number of hydrogen-bond acceptors (Lipinski definition) is 3. The first-order chi connectivity index (χ1) is 7.74. The van der Waals surface area contributed by atoms with Crippen molar-refractivity contribution in [3.05, 3.63) is 30.1 Å². The van der Waals surface area contributed by atoms with E-state index in [1.54, 1.807) is 12.1 Å². The van der Waals surface area contributed by atoms with Crippen LogP contribution in [-0.4, -0.2) is 19.2 Å². The Morgan fingerprint density at radius 3 is 2.81 bits per heavy atom. The lowest BCUT2D eigenvalue weighted by Crippen LogP contribution is -2.10. The van der Waals surface area contributed by atoms with Gasteiger partial charge in [-0.25, -0.2) is 4.39 Å². The first-order valence-corrected chi connectivity index (χ1v) is 5.27. The molecule has 0 saturated carbocycles. The van der Waals surface area contributed by atoms with Crippen LogP contribution in [0.25, 0.3) is 0 Å². The molecule has 0 amide bonds. The van der Waals surface area contributed by atoms with E-state index in [9.17, 15) is 9.18 Å². The molecule has 0 spiro atoms. The van der Waals surface area contributed by atoms with Gasteiger partial charge in [0.25, 0.3) is 0 Å². The molecule has 0 aliphatic carbocycles. The van der Waals surface area contributed by atoms with Gasteiger partial charge >= 0.3 is 5.97 Å². The monoisotopic (exact) mass is 226 g/mol. The molecule has 0 atom stereocenters. The summed E-state index contributed by atoms with van der Waals surface area (Å²) in [6.45, 7) is 3.03. The van der Waals surface area contributed by atoms with Gasteiger partial charge in [-0.05, 0) is 25.5 Å². The van der Waals surface area contributed by atoms with Gasteiger partial charge in [-0.3, -0.25) is 4.79 Å². The van der Waals surface area contributed by atoms with E-state index in [1.807, 2.05) is 6.92 Å². The third kappa shape index (κ3) is 4.40. The molecule has 0 fully saturated rings. The molecule has 0 aliphatic rings. The molecular weight excluding hydrogens is 211 g/mol. The Morgan fingerprint density at radius 2 is 2.12 bits per heavy atom. The van der Waals surface area contributed by atoms with Crippen molar-refractivity contribution in [2.24, 2.45) is 0 Å². The predicted octanol–water partition coefficient (Wildman–Crippen LogP) is 2.55. The van der Waals surface area contributed by atoms with Gasteiger partial charge in [-0.1, -0.05) is 12.1 Å². The van der Waals surface area contributed by atoms with Gasteiger partial charge in [0.2, 0.25) is 0 Å². The van der Waals surface area contributed by atoms with Crippen molar-refractivity contribution in [2.75, 3.05) is 13.2 Å². The maximum absolute atomic E-state index is 13.1. The molecule has 3 nitrogen and oxygen atoms in total. The highest BCUT2D eigenvalue weighted by Gasteiger charge is 2.08. The van der Waals surface area contributed by atoms with Crippen LogP contribution in [0.5, 0.6) is 5.75 Å². The van der Waals surface area contributed by atoms with E-state index in [4.69, 9.17) is 9.47 Å². The van der Waals surface area contributed by atoms with Gasteiger partial charge in [0.15, 0.2) is 11.6 Å². The highest BCUT2D eigenvalue weighted by atomic mass is 19.1. The molecule has 16 heavy (non-hydrogen) atoms. The van der Waals surface area contributed by atoms with Gasteiger partial charge in [0.1, 0.15) is 0 Å². The van der Waals surface area contributed by atoms with E-state index in [0.29, 0.717) is 19.6 Å². The number of carbonyl (C=O) groups excluding carboxylic acids is 1. The van der Waals surface area contributed by atoms with Crippen LogP contribution in [0.3, 0.4) is 0 Å². The van der Waals surface area contributed by atoms with Gasteiger partial charge in [0, 0.05) is 19.6 Å². The minimum Gasteiger partial charge on any atom is -0.423 e. The number of hydrogen-bond donors (Lipinski definition) is 0. The van der Waals surface area contributed by atoms with Crippen LogP contribution in [0, 0.1) is 5.82 Å². The molecule has 0 bridgehead atoms. The zero-order valence-electron chi connectivity index (χ0n) is 9.24. The third-order valence-corrected chi connectivity index (χ3v) is 1.93. The molecule has 4 heteroatoms. The van der Waals surface area contributed by atoms with Crippen LogP contribution in [0.2, 0.25) is 0 Å². The Kier molecular flexibility index (Phi) is 5.50. The van der Waals surface area contributed by atoms with Crippen molar-refractivity contribution >= 4 is 5.97 Å². The summed E-state index contributed by atoms with van der Waals surface area (Å²) in [5.41, 5.74) is 0. The number of ether oxygens (including phenoxy) is 2. The van der Waals surface area contributed by atoms with Gasteiger partial charge in [0.05, 0.1) is 0 Å². The van der Waals surface area contributed by atoms with Crippen molar-refractivity contribution in [1.82, 2.24) is 0 Å². The minimum atomic E-state index is -0.527. The summed E-state index contributed by atoms with van der Waals surface area (Å²) in [6, 6.07) is 5.84. The second-order valence-corrected chi connectivity index (χ2v) is 3.20. The fourth-order valence-corrected chi connectivity index (χ4v) is 1.16. The summed E-state index contributed by atoms with van der Waals surface area (Å²) in [4.78, 5) is 11.3. The lowest BCUT2D eigenvalue weighted by atomic mass is 10.3. The van der Waals surface area contributed by atoms with Crippen LogP contribution >= 0.6 is 0 Å². The average molecular weight is 226 g/mol. The molecule has 0 heterocycles. The topological polar surface area (TPSA) is 35.5 Å². The summed E-state index contributed by atoms with van der Waals surface area (Å²) in [6.07, 6.45) is 0.815. The molecule has 0 radical (unpaired) electrons. The standard InChI is InChI=1S/C12H15FO3/c1-2-15-9-5-8-12(14)16-11-7-4-3-6-10(11)13/h3-4,6-7H,2,5,8-9H2,1H3. The van der Waals surface area contributed by atoms with E-state index in [1.165, 1.54) is 12.1 Å². The Bertz CT molecular complexity index is 339. The zero-order chi connectivity index (χ0) is 11.8. The molecular formula is C12H15FO3. The molecule has 0 aromatic heterocycles. The Morgan fingerprint density at radius 1 is 1.38 bits per heavy atom. The molecule has 0 N–H and O–H groups in total. The smallest absolute Gasteiger partial charge is 0.311 e. The normalized spacial score (nSPS) is 10.1. The molecule has 0 aliphatic heterocycles. The highest BCUT2D eigenvalue weighted by Crippen LogP contribution is 2.16. The van der Waals surface area contributed by atoms with E-state index in [-0.39, 0.29) is 12.2 Å². The van der Waals surface area contributed by atoms with E-state index in [2.05, 4.69) is 0 Å². The summed E-state index contributed by atoms with van der Waals surface area (Å²) in [7, 11) is 0.